The molecule has 2 amide bonds. The van der Waals surface area contributed by atoms with E-state index in [1.165, 1.54) is 17.8 Å². The molecule has 136 valence electrons. The van der Waals surface area contributed by atoms with Crippen molar-refractivity contribution >= 4 is 35.0 Å². The Bertz CT molecular complexity index is 808. The number of para-hydroxylation sites is 1. The number of benzene rings is 2. The smallest absolute Gasteiger partial charge is 0.237 e. The van der Waals surface area contributed by atoms with Crippen LogP contribution in [0.5, 0.6) is 0 Å². The number of amides is 2. The molecule has 1 aliphatic carbocycles. The topological polar surface area (TPSA) is 58.2 Å². The van der Waals surface area contributed by atoms with Gasteiger partial charge in [0, 0.05) is 16.5 Å². The van der Waals surface area contributed by atoms with Crippen LogP contribution < -0.4 is 10.6 Å². The van der Waals surface area contributed by atoms with Gasteiger partial charge in [-0.3, -0.25) is 9.59 Å². The fourth-order valence-corrected chi connectivity index (χ4v) is 3.51. The third-order valence-corrected chi connectivity index (χ3v) is 5.48. The van der Waals surface area contributed by atoms with Gasteiger partial charge in [-0.05, 0) is 49.6 Å². The van der Waals surface area contributed by atoms with E-state index in [4.69, 9.17) is 0 Å². The molecule has 0 bridgehead atoms. The van der Waals surface area contributed by atoms with Crippen LogP contribution in [0.15, 0.2) is 53.4 Å². The van der Waals surface area contributed by atoms with Crippen LogP contribution in [0.4, 0.5) is 15.8 Å². The molecule has 1 fully saturated rings. The van der Waals surface area contributed by atoms with Crippen LogP contribution in [-0.4, -0.2) is 17.1 Å². The number of carbonyl (C=O) groups excluding carboxylic acids is 2. The maximum Gasteiger partial charge on any atom is 0.237 e. The van der Waals surface area contributed by atoms with E-state index in [1.54, 1.807) is 18.2 Å². The van der Waals surface area contributed by atoms with E-state index in [0.29, 0.717) is 6.42 Å². The highest BCUT2D eigenvalue weighted by Crippen LogP contribution is 2.32. The number of nitrogens with one attached hydrogen (secondary N) is 2. The molecule has 0 aliphatic heterocycles. The Hall–Kier alpha value is -2.34. The van der Waals surface area contributed by atoms with Crippen molar-refractivity contribution in [3.8, 4) is 0 Å². The first-order chi connectivity index (χ1) is 12.6. The number of halogens is 1. The summed E-state index contributed by atoms with van der Waals surface area (Å²) in [6.07, 6.45) is 2.51. The SMILES string of the molecule is CCC(Sc1cccc(NC(=O)C2CC2)c1)C(=O)Nc1ccccc1F. The summed E-state index contributed by atoms with van der Waals surface area (Å²) in [5, 5.41) is 5.20. The summed E-state index contributed by atoms with van der Waals surface area (Å²) >= 11 is 1.40. The van der Waals surface area contributed by atoms with Gasteiger partial charge in [0.2, 0.25) is 11.8 Å². The lowest BCUT2D eigenvalue weighted by Gasteiger charge is -2.16. The second-order valence-electron chi connectivity index (χ2n) is 6.28. The molecular formula is C20H21FN2O2S. The number of thioether (sulfide) groups is 1. The fraction of sp³-hybridized carbons (Fsp3) is 0.300. The Labute approximate surface area is 156 Å². The van der Waals surface area contributed by atoms with Crippen LogP contribution in [0.2, 0.25) is 0 Å². The highest BCUT2D eigenvalue weighted by Gasteiger charge is 2.29. The summed E-state index contributed by atoms with van der Waals surface area (Å²) in [5.41, 5.74) is 0.915. The molecule has 3 rings (SSSR count). The highest BCUT2D eigenvalue weighted by atomic mass is 32.2. The van der Waals surface area contributed by atoms with Gasteiger partial charge in [0.15, 0.2) is 0 Å². The maximum atomic E-state index is 13.7. The zero-order valence-corrected chi connectivity index (χ0v) is 15.3. The van der Waals surface area contributed by atoms with Crippen LogP contribution in [0, 0.1) is 11.7 Å². The van der Waals surface area contributed by atoms with Gasteiger partial charge in [-0.25, -0.2) is 4.39 Å². The molecule has 2 N–H and O–H groups in total. The molecule has 1 atom stereocenters. The number of hydrogen-bond acceptors (Lipinski definition) is 3. The largest absolute Gasteiger partial charge is 0.326 e. The van der Waals surface area contributed by atoms with Crippen molar-refractivity contribution < 1.29 is 14.0 Å². The second-order valence-corrected chi connectivity index (χ2v) is 7.55. The average molecular weight is 372 g/mol. The van der Waals surface area contributed by atoms with Gasteiger partial charge in [-0.15, -0.1) is 11.8 Å². The number of anilines is 2. The van der Waals surface area contributed by atoms with E-state index in [9.17, 15) is 14.0 Å². The monoisotopic (exact) mass is 372 g/mol. The van der Waals surface area contributed by atoms with Crippen molar-refractivity contribution in [3.05, 3.63) is 54.3 Å². The summed E-state index contributed by atoms with van der Waals surface area (Å²) in [5.74, 6) is -0.502. The minimum atomic E-state index is -0.453. The Morgan fingerprint density at radius 3 is 2.62 bits per heavy atom. The molecule has 0 saturated heterocycles. The van der Waals surface area contributed by atoms with Gasteiger partial charge >= 0.3 is 0 Å². The highest BCUT2D eigenvalue weighted by molar-refractivity contribution is 8.00. The van der Waals surface area contributed by atoms with Gasteiger partial charge in [-0.1, -0.05) is 25.1 Å². The molecule has 0 heterocycles. The number of hydrogen-bond donors (Lipinski definition) is 2. The van der Waals surface area contributed by atoms with Crippen molar-refractivity contribution in [1.82, 2.24) is 0 Å². The Kier molecular flexibility index (Phi) is 5.93. The van der Waals surface area contributed by atoms with E-state index in [1.807, 2.05) is 31.2 Å². The van der Waals surface area contributed by atoms with Crippen molar-refractivity contribution in [2.24, 2.45) is 5.92 Å². The van der Waals surface area contributed by atoms with E-state index >= 15 is 0 Å². The quantitative estimate of drug-likeness (QED) is 0.694. The predicted octanol–water partition coefficient (Wildman–Crippen LogP) is 4.68. The first kappa shape index (κ1) is 18.5. The average Bonchev–Trinajstić information content (AvgIpc) is 3.47. The lowest BCUT2D eigenvalue weighted by Crippen LogP contribution is -2.25. The van der Waals surface area contributed by atoms with Gasteiger partial charge in [0.1, 0.15) is 5.82 Å². The summed E-state index contributed by atoms with van der Waals surface area (Å²) < 4.78 is 13.7. The molecule has 2 aromatic rings. The van der Waals surface area contributed by atoms with E-state index in [-0.39, 0.29) is 28.7 Å². The third kappa shape index (κ3) is 4.85. The maximum absolute atomic E-state index is 13.7. The molecule has 1 saturated carbocycles. The minimum Gasteiger partial charge on any atom is -0.326 e. The van der Waals surface area contributed by atoms with Crippen molar-refractivity contribution in [3.63, 3.8) is 0 Å². The zero-order valence-electron chi connectivity index (χ0n) is 14.5. The first-order valence-electron chi connectivity index (χ1n) is 8.69. The van der Waals surface area contributed by atoms with Crippen molar-refractivity contribution in [1.29, 1.82) is 0 Å². The summed E-state index contributed by atoms with van der Waals surface area (Å²) in [6, 6.07) is 13.6. The number of carbonyl (C=O) groups is 2. The molecule has 0 aromatic heterocycles. The van der Waals surface area contributed by atoms with Crippen LogP contribution in [-0.2, 0) is 9.59 Å². The first-order valence-corrected chi connectivity index (χ1v) is 9.57. The molecule has 6 heteroatoms. The Morgan fingerprint density at radius 1 is 1.15 bits per heavy atom. The van der Waals surface area contributed by atoms with Crippen LogP contribution in [0.1, 0.15) is 26.2 Å². The number of rotatable bonds is 7. The third-order valence-electron chi connectivity index (χ3n) is 4.12. The second kappa shape index (κ2) is 8.36. The van der Waals surface area contributed by atoms with E-state index in [2.05, 4.69) is 10.6 Å². The lowest BCUT2D eigenvalue weighted by molar-refractivity contribution is -0.117. The van der Waals surface area contributed by atoms with Gasteiger partial charge in [0.05, 0.1) is 10.9 Å². The van der Waals surface area contributed by atoms with Crippen molar-refractivity contribution in [2.75, 3.05) is 10.6 Å². The van der Waals surface area contributed by atoms with Crippen LogP contribution in [0.3, 0.4) is 0 Å². The molecule has 1 aliphatic rings. The van der Waals surface area contributed by atoms with Crippen LogP contribution in [0.25, 0.3) is 0 Å². The van der Waals surface area contributed by atoms with E-state index in [0.717, 1.165) is 23.4 Å². The normalized spacial score (nSPS) is 14.5. The molecular weight excluding hydrogens is 351 g/mol. The minimum absolute atomic E-state index is 0.0523. The standard InChI is InChI=1S/C20H21FN2O2S/c1-2-18(20(25)23-17-9-4-3-8-16(17)21)26-15-7-5-6-14(12-15)22-19(24)13-10-11-13/h3-9,12-13,18H,2,10-11H2,1H3,(H,22,24)(H,23,25). The van der Waals surface area contributed by atoms with Crippen LogP contribution >= 0.6 is 11.8 Å². The fourth-order valence-electron chi connectivity index (χ4n) is 2.50. The van der Waals surface area contributed by atoms with Crippen molar-refractivity contribution in [2.45, 2.75) is 36.3 Å². The Morgan fingerprint density at radius 2 is 1.92 bits per heavy atom. The molecule has 26 heavy (non-hydrogen) atoms. The van der Waals surface area contributed by atoms with E-state index < -0.39 is 5.82 Å². The van der Waals surface area contributed by atoms with Gasteiger partial charge in [-0.2, -0.15) is 0 Å². The zero-order chi connectivity index (χ0) is 18.5. The lowest BCUT2D eigenvalue weighted by atomic mass is 10.2. The molecule has 4 nitrogen and oxygen atoms in total. The summed E-state index contributed by atoms with van der Waals surface area (Å²) in [4.78, 5) is 25.3. The molecule has 0 radical (unpaired) electrons. The predicted molar refractivity (Wildman–Crippen MR) is 103 cm³/mol. The Balaban J connectivity index is 1.64. The van der Waals surface area contributed by atoms with Gasteiger partial charge in [0.25, 0.3) is 0 Å². The van der Waals surface area contributed by atoms with Gasteiger partial charge < -0.3 is 10.6 Å². The summed E-state index contributed by atoms with van der Waals surface area (Å²) in [6.45, 7) is 1.91. The molecule has 1 unspecified atom stereocenters. The summed E-state index contributed by atoms with van der Waals surface area (Å²) in [7, 11) is 0. The molecule has 2 aromatic carbocycles. The molecule has 0 spiro atoms.